The lowest BCUT2D eigenvalue weighted by atomic mass is 10.1. The maximum Gasteiger partial charge on any atom is 0.340 e. The molecule has 0 aliphatic carbocycles. The Hall–Kier alpha value is -2.08. The molecule has 1 heterocycles. The van der Waals surface area contributed by atoms with Crippen molar-refractivity contribution in [3.63, 3.8) is 0 Å². The van der Waals surface area contributed by atoms with Crippen LogP contribution in [0.5, 0.6) is 5.75 Å². The highest BCUT2D eigenvalue weighted by atomic mass is 16.5. The van der Waals surface area contributed by atoms with Gasteiger partial charge in [0.2, 0.25) is 5.91 Å². The Labute approximate surface area is 123 Å². The topological polar surface area (TPSA) is 76.1 Å². The number of methoxy groups -OCH3 is 1. The second-order valence-corrected chi connectivity index (χ2v) is 4.86. The van der Waals surface area contributed by atoms with E-state index < -0.39 is 5.97 Å². The third-order valence-electron chi connectivity index (χ3n) is 3.45. The molecule has 1 atom stereocenters. The van der Waals surface area contributed by atoms with Crippen molar-refractivity contribution in [2.24, 2.45) is 5.92 Å². The standard InChI is InChI=1S/C15H19NO5/c1-3-21-15(19)12-7-11(20-2)4-5-13(12)16-8-10(9-17)6-14(16)18/h4-5,7,10,17H,3,6,8-9H2,1-2H3. The van der Waals surface area contributed by atoms with E-state index in [1.54, 1.807) is 25.1 Å². The highest BCUT2D eigenvalue weighted by Gasteiger charge is 2.32. The number of rotatable bonds is 5. The summed E-state index contributed by atoms with van der Waals surface area (Å²) < 4.78 is 10.2. The number of carbonyl (C=O) groups excluding carboxylic acids is 2. The van der Waals surface area contributed by atoms with Gasteiger partial charge >= 0.3 is 5.97 Å². The molecular weight excluding hydrogens is 274 g/mol. The Morgan fingerprint density at radius 3 is 2.81 bits per heavy atom. The lowest BCUT2D eigenvalue weighted by molar-refractivity contribution is -0.117. The van der Waals surface area contributed by atoms with Gasteiger partial charge in [0, 0.05) is 25.5 Å². The van der Waals surface area contributed by atoms with Crippen molar-refractivity contribution in [1.29, 1.82) is 0 Å². The van der Waals surface area contributed by atoms with Gasteiger partial charge < -0.3 is 19.5 Å². The Morgan fingerprint density at radius 1 is 1.48 bits per heavy atom. The Balaban J connectivity index is 2.38. The number of aliphatic hydroxyl groups excluding tert-OH is 1. The predicted octanol–water partition coefficient (Wildman–Crippen LogP) is 1.22. The van der Waals surface area contributed by atoms with Gasteiger partial charge in [-0.3, -0.25) is 4.79 Å². The van der Waals surface area contributed by atoms with Gasteiger partial charge in [0.25, 0.3) is 0 Å². The van der Waals surface area contributed by atoms with Crippen molar-refractivity contribution in [2.45, 2.75) is 13.3 Å². The summed E-state index contributed by atoms with van der Waals surface area (Å²) in [6.45, 7) is 2.32. The summed E-state index contributed by atoms with van der Waals surface area (Å²) in [4.78, 5) is 25.7. The molecule has 21 heavy (non-hydrogen) atoms. The minimum absolute atomic E-state index is 0.0485. The van der Waals surface area contributed by atoms with Crippen LogP contribution in [0.1, 0.15) is 23.7 Å². The predicted molar refractivity (Wildman–Crippen MR) is 76.5 cm³/mol. The number of benzene rings is 1. The van der Waals surface area contributed by atoms with Crippen LogP contribution >= 0.6 is 0 Å². The fourth-order valence-electron chi connectivity index (χ4n) is 2.39. The van der Waals surface area contributed by atoms with Gasteiger partial charge in [-0.15, -0.1) is 0 Å². The van der Waals surface area contributed by atoms with Crippen LogP contribution in [-0.2, 0) is 9.53 Å². The lowest BCUT2D eigenvalue weighted by Crippen LogP contribution is -2.27. The molecule has 0 bridgehead atoms. The summed E-state index contributed by atoms with van der Waals surface area (Å²) in [6.07, 6.45) is 0.283. The van der Waals surface area contributed by atoms with E-state index in [4.69, 9.17) is 9.47 Å². The molecule has 2 rings (SSSR count). The number of amides is 1. The van der Waals surface area contributed by atoms with Crippen LogP contribution in [0.3, 0.4) is 0 Å². The molecule has 1 aliphatic rings. The molecule has 0 aromatic heterocycles. The number of hydrogen-bond donors (Lipinski definition) is 1. The van der Waals surface area contributed by atoms with Crippen LogP contribution in [0.4, 0.5) is 5.69 Å². The Kier molecular flexibility index (Phi) is 4.80. The minimum Gasteiger partial charge on any atom is -0.497 e. The molecule has 1 aromatic carbocycles. The second kappa shape index (κ2) is 6.58. The average Bonchev–Trinajstić information content (AvgIpc) is 2.88. The lowest BCUT2D eigenvalue weighted by Gasteiger charge is -2.20. The third-order valence-corrected chi connectivity index (χ3v) is 3.45. The first kappa shape index (κ1) is 15.3. The van der Waals surface area contributed by atoms with Crippen molar-refractivity contribution in [2.75, 3.05) is 31.8 Å². The van der Waals surface area contributed by atoms with E-state index in [1.807, 2.05) is 0 Å². The summed E-state index contributed by atoms with van der Waals surface area (Å²) in [7, 11) is 1.51. The Bertz CT molecular complexity index is 543. The van der Waals surface area contributed by atoms with Gasteiger partial charge in [-0.1, -0.05) is 0 Å². The van der Waals surface area contributed by atoms with Crippen LogP contribution in [0, 0.1) is 5.92 Å². The molecule has 1 aliphatic heterocycles. The number of carbonyl (C=O) groups is 2. The van der Waals surface area contributed by atoms with Gasteiger partial charge in [0.05, 0.1) is 25.0 Å². The van der Waals surface area contributed by atoms with E-state index in [-0.39, 0.29) is 31.5 Å². The summed E-state index contributed by atoms with van der Waals surface area (Å²) in [5.41, 5.74) is 0.790. The SMILES string of the molecule is CCOC(=O)c1cc(OC)ccc1N1CC(CO)CC1=O. The summed E-state index contributed by atoms with van der Waals surface area (Å²) in [5.74, 6) is -0.182. The molecule has 6 heteroatoms. The quantitative estimate of drug-likeness (QED) is 0.826. The van der Waals surface area contributed by atoms with Crippen LogP contribution in [0.2, 0.25) is 0 Å². The number of aliphatic hydroxyl groups is 1. The van der Waals surface area contributed by atoms with E-state index in [0.29, 0.717) is 23.5 Å². The zero-order valence-electron chi connectivity index (χ0n) is 12.2. The van der Waals surface area contributed by atoms with Gasteiger partial charge in [-0.2, -0.15) is 0 Å². The van der Waals surface area contributed by atoms with Crippen LogP contribution in [0.15, 0.2) is 18.2 Å². The highest BCUT2D eigenvalue weighted by Crippen LogP contribution is 2.31. The fourth-order valence-corrected chi connectivity index (χ4v) is 2.39. The number of hydrogen-bond acceptors (Lipinski definition) is 5. The third kappa shape index (κ3) is 3.16. The second-order valence-electron chi connectivity index (χ2n) is 4.86. The minimum atomic E-state index is -0.494. The first-order chi connectivity index (χ1) is 10.1. The van der Waals surface area contributed by atoms with Gasteiger partial charge in [-0.25, -0.2) is 4.79 Å². The fraction of sp³-hybridized carbons (Fsp3) is 0.467. The molecule has 0 radical (unpaired) electrons. The van der Waals surface area contributed by atoms with Crippen molar-refractivity contribution in [3.8, 4) is 5.75 Å². The van der Waals surface area contributed by atoms with Crippen molar-refractivity contribution < 1.29 is 24.2 Å². The number of ether oxygens (including phenoxy) is 2. The largest absolute Gasteiger partial charge is 0.497 e. The van der Waals surface area contributed by atoms with Crippen molar-refractivity contribution in [1.82, 2.24) is 0 Å². The van der Waals surface area contributed by atoms with E-state index in [2.05, 4.69) is 0 Å². The maximum atomic E-state index is 12.1. The molecule has 1 amide bonds. The van der Waals surface area contributed by atoms with Gasteiger partial charge in [-0.05, 0) is 25.1 Å². The first-order valence-corrected chi connectivity index (χ1v) is 6.87. The molecule has 1 fully saturated rings. The van der Waals surface area contributed by atoms with Crippen molar-refractivity contribution >= 4 is 17.6 Å². The summed E-state index contributed by atoms with van der Waals surface area (Å²) in [5, 5.41) is 9.20. The zero-order chi connectivity index (χ0) is 15.4. The molecule has 0 spiro atoms. The molecule has 114 valence electrons. The molecule has 1 unspecified atom stereocenters. The van der Waals surface area contributed by atoms with E-state index >= 15 is 0 Å². The van der Waals surface area contributed by atoms with Crippen LogP contribution in [-0.4, -0.2) is 43.9 Å². The molecule has 1 aromatic rings. The first-order valence-electron chi connectivity index (χ1n) is 6.87. The molecule has 0 saturated carbocycles. The Morgan fingerprint density at radius 2 is 2.24 bits per heavy atom. The summed E-state index contributed by atoms with van der Waals surface area (Å²) in [6, 6.07) is 4.92. The van der Waals surface area contributed by atoms with E-state index in [0.717, 1.165) is 0 Å². The van der Waals surface area contributed by atoms with E-state index in [1.165, 1.54) is 12.0 Å². The van der Waals surface area contributed by atoms with Gasteiger partial charge in [0.15, 0.2) is 0 Å². The van der Waals surface area contributed by atoms with Gasteiger partial charge in [0.1, 0.15) is 5.75 Å². The maximum absolute atomic E-state index is 12.1. The zero-order valence-corrected chi connectivity index (χ0v) is 12.2. The summed E-state index contributed by atoms with van der Waals surface area (Å²) >= 11 is 0. The van der Waals surface area contributed by atoms with E-state index in [9.17, 15) is 14.7 Å². The number of anilines is 1. The highest BCUT2D eigenvalue weighted by molar-refractivity contribution is 6.04. The smallest absolute Gasteiger partial charge is 0.340 e. The molecule has 1 saturated heterocycles. The normalized spacial score (nSPS) is 18.0. The molecule has 1 N–H and O–H groups in total. The van der Waals surface area contributed by atoms with Crippen molar-refractivity contribution in [3.05, 3.63) is 23.8 Å². The van der Waals surface area contributed by atoms with Crippen LogP contribution < -0.4 is 9.64 Å². The molecule has 6 nitrogen and oxygen atoms in total. The average molecular weight is 293 g/mol. The monoisotopic (exact) mass is 293 g/mol. The van der Waals surface area contributed by atoms with Crippen LogP contribution in [0.25, 0.3) is 0 Å². The molecular formula is C15H19NO5. The number of nitrogens with zero attached hydrogens (tertiary/aromatic N) is 1. The number of esters is 1.